The highest BCUT2D eigenvalue weighted by atomic mass is 35.5. The van der Waals surface area contributed by atoms with E-state index in [1.807, 2.05) is 0 Å². The molecule has 3 nitrogen and oxygen atoms in total. The number of aromatic nitrogens is 2. The van der Waals surface area contributed by atoms with Crippen molar-refractivity contribution in [3.05, 3.63) is 17.8 Å². The summed E-state index contributed by atoms with van der Waals surface area (Å²) < 4.78 is 1.21. The van der Waals surface area contributed by atoms with Gasteiger partial charge in [-0.3, -0.25) is 0 Å². The first-order valence-corrected chi connectivity index (χ1v) is 7.29. The largest absolute Gasteiger partial charge is 0.355 e. The molecule has 1 aliphatic heterocycles. The highest BCUT2D eigenvalue weighted by Crippen LogP contribution is 2.32. The van der Waals surface area contributed by atoms with Gasteiger partial charge in [-0.2, -0.15) is 0 Å². The van der Waals surface area contributed by atoms with Crippen molar-refractivity contribution in [2.24, 2.45) is 5.92 Å². The molecule has 0 radical (unpaired) electrons. The lowest BCUT2D eigenvalue weighted by molar-refractivity contribution is 0.572. The van der Waals surface area contributed by atoms with Gasteiger partial charge in [-0.05, 0) is 30.2 Å². The molecule has 0 bridgehead atoms. The van der Waals surface area contributed by atoms with Crippen LogP contribution in [0.5, 0.6) is 0 Å². The first-order chi connectivity index (χ1) is 8.38. The molecule has 5 heteroatoms. The van der Waals surface area contributed by atoms with E-state index >= 15 is 0 Å². The average Bonchev–Trinajstić information content (AvgIpc) is 2.96. The average molecular weight is 268 g/mol. The Morgan fingerprint density at radius 2 is 2.41 bits per heavy atom. The van der Waals surface area contributed by atoms with Gasteiger partial charge in [-0.15, -0.1) is 22.9 Å². The van der Waals surface area contributed by atoms with Gasteiger partial charge in [0.05, 0.1) is 10.2 Å². The predicted octanol–water partition coefficient (Wildman–Crippen LogP) is 3.15. The zero-order valence-electron chi connectivity index (χ0n) is 9.47. The summed E-state index contributed by atoms with van der Waals surface area (Å²) in [5, 5.41) is 2.08. The highest BCUT2D eigenvalue weighted by Gasteiger charge is 2.24. The maximum absolute atomic E-state index is 5.81. The van der Waals surface area contributed by atoms with Crippen molar-refractivity contribution in [3.8, 4) is 0 Å². The molecule has 0 N–H and O–H groups in total. The van der Waals surface area contributed by atoms with Crippen LogP contribution in [-0.2, 0) is 0 Å². The van der Waals surface area contributed by atoms with Gasteiger partial charge in [0.25, 0.3) is 0 Å². The van der Waals surface area contributed by atoms with Crippen LogP contribution in [0.2, 0.25) is 0 Å². The molecular weight excluding hydrogens is 254 g/mol. The third-order valence-corrected chi connectivity index (χ3v) is 4.44. The molecule has 1 atom stereocenters. The maximum Gasteiger partial charge on any atom is 0.150 e. The van der Waals surface area contributed by atoms with Gasteiger partial charge in [-0.1, -0.05) is 0 Å². The molecule has 2 aromatic heterocycles. The van der Waals surface area contributed by atoms with Crippen molar-refractivity contribution < 1.29 is 0 Å². The van der Waals surface area contributed by atoms with Crippen LogP contribution >= 0.6 is 22.9 Å². The van der Waals surface area contributed by atoms with Crippen molar-refractivity contribution in [3.63, 3.8) is 0 Å². The third-order valence-electron chi connectivity index (χ3n) is 3.33. The summed E-state index contributed by atoms with van der Waals surface area (Å²) in [4.78, 5) is 11.1. The summed E-state index contributed by atoms with van der Waals surface area (Å²) in [6.07, 6.45) is 4.00. The minimum absolute atomic E-state index is 0.720. The number of anilines is 1. The molecule has 0 spiro atoms. The monoisotopic (exact) mass is 267 g/mol. The van der Waals surface area contributed by atoms with Crippen LogP contribution in [0.1, 0.15) is 12.8 Å². The number of nitrogens with zero attached hydrogens (tertiary/aromatic N) is 3. The fourth-order valence-electron chi connectivity index (χ4n) is 2.42. The second kappa shape index (κ2) is 4.78. The number of rotatable bonds is 3. The van der Waals surface area contributed by atoms with Gasteiger partial charge in [-0.25, -0.2) is 9.97 Å². The van der Waals surface area contributed by atoms with E-state index in [9.17, 15) is 0 Å². The van der Waals surface area contributed by atoms with Crippen LogP contribution < -0.4 is 4.90 Å². The highest BCUT2D eigenvalue weighted by molar-refractivity contribution is 7.17. The van der Waals surface area contributed by atoms with Gasteiger partial charge in [0.2, 0.25) is 0 Å². The van der Waals surface area contributed by atoms with E-state index in [-0.39, 0.29) is 0 Å². The van der Waals surface area contributed by atoms with Gasteiger partial charge in [0, 0.05) is 19.0 Å². The van der Waals surface area contributed by atoms with Crippen LogP contribution in [-0.4, -0.2) is 28.9 Å². The minimum atomic E-state index is 0.720. The van der Waals surface area contributed by atoms with E-state index in [1.54, 1.807) is 17.7 Å². The number of alkyl halides is 1. The molecular formula is C12H14ClN3S. The lowest BCUT2D eigenvalue weighted by atomic mass is 10.1. The van der Waals surface area contributed by atoms with Crippen LogP contribution in [0.15, 0.2) is 17.8 Å². The molecule has 0 saturated carbocycles. The number of fused-ring (bicyclic) bond motifs is 1. The standard InChI is InChI=1S/C12H14ClN3S/c13-4-1-9-2-5-16(7-9)12-11-10(3-6-17-11)14-8-15-12/h3,6,8-9H,1-2,4-5,7H2. The van der Waals surface area contributed by atoms with E-state index in [4.69, 9.17) is 11.6 Å². The summed E-state index contributed by atoms with van der Waals surface area (Å²) in [6.45, 7) is 2.17. The van der Waals surface area contributed by atoms with Gasteiger partial charge in [0.15, 0.2) is 0 Å². The van der Waals surface area contributed by atoms with Crippen molar-refractivity contribution in [1.29, 1.82) is 0 Å². The summed E-state index contributed by atoms with van der Waals surface area (Å²) >= 11 is 7.53. The molecule has 90 valence electrons. The lowest BCUT2D eigenvalue weighted by Crippen LogP contribution is -2.21. The SMILES string of the molecule is ClCCC1CCN(c2ncnc3ccsc23)C1. The van der Waals surface area contributed by atoms with Crippen LogP contribution in [0.3, 0.4) is 0 Å². The van der Waals surface area contributed by atoms with Crippen molar-refractivity contribution in [2.75, 3.05) is 23.9 Å². The Morgan fingerprint density at radius 1 is 1.47 bits per heavy atom. The van der Waals surface area contributed by atoms with Crippen LogP contribution in [0, 0.1) is 5.92 Å². The van der Waals surface area contributed by atoms with Gasteiger partial charge in [0.1, 0.15) is 12.1 Å². The molecule has 0 amide bonds. The topological polar surface area (TPSA) is 29.0 Å². The van der Waals surface area contributed by atoms with E-state index in [1.165, 1.54) is 11.1 Å². The lowest BCUT2D eigenvalue weighted by Gasteiger charge is -2.17. The molecule has 1 saturated heterocycles. The number of hydrogen-bond acceptors (Lipinski definition) is 4. The summed E-state index contributed by atoms with van der Waals surface area (Å²) in [5.41, 5.74) is 1.06. The maximum atomic E-state index is 5.81. The zero-order valence-corrected chi connectivity index (χ0v) is 11.0. The summed E-state index contributed by atoms with van der Waals surface area (Å²) in [7, 11) is 0. The van der Waals surface area contributed by atoms with Crippen molar-refractivity contribution in [1.82, 2.24) is 9.97 Å². The molecule has 17 heavy (non-hydrogen) atoms. The number of halogens is 1. The molecule has 1 aliphatic rings. The molecule has 3 heterocycles. The first-order valence-electron chi connectivity index (χ1n) is 5.87. The zero-order chi connectivity index (χ0) is 11.7. The Kier molecular flexibility index (Phi) is 3.16. The Hall–Kier alpha value is -0.870. The van der Waals surface area contributed by atoms with Gasteiger partial charge >= 0.3 is 0 Å². The Bertz CT molecular complexity index is 513. The number of hydrogen-bond donors (Lipinski definition) is 0. The predicted molar refractivity (Wildman–Crippen MR) is 73.1 cm³/mol. The molecule has 2 aromatic rings. The Balaban J connectivity index is 1.87. The minimum Gasteiger partial charge on any atom is -0.355 e. The van der Waals surface area contributed by atoms with Crippen molar-refractivity contribution in [2.45, 2.75) is 12.8 Å². The van der Waals surface area contributed by atoms with E-state index in [0.717, 1.165) is 42.6 Å². The molecule has 1 unspecified atom stereocenters. The van der Waals surface area contributed by atoms with Crippen LogP contribution in [0.4, 0.5) is 5.82 Å². The molecule has 1 fully saturated rings. The summed E-state index contributed by atoms with van der Waals surface area (Å²) in [6, 6.07) is 2.05. The smallest absolute Gasteiger partial charge is 0.150 e. The van der Waals surface area contributed by atoms with Gasteiger partial charge < -0.3 is 4.90 Å². The Labute approximate surface area is 109 Å². The molecule has 0 aromatic carbocycles. The van der Waals surface area contributed by atoms with Crippen LogP contribution in [0.25, 0.3) is 10.2 Å². The van der Waals surface area contributed by atoms with E-state index in [2.05, 4.69) is 26.3 Å². The number of thiophene rings is 1. The van der Waals surface area contributed by atoms with Crippen molar-refractivity contribution >= 4 is 39.0 Å². The quantitative estimate of drug-likeness (QED) is 0.800. The summed E-state index contributed by atoms with van der Waals surface area (Å²) in [5.74, 6) is 2.58. The molecule has 0 aliphatic carbocycles. The van der Waals surface area contributed by atoms with E-state index < -0.39 is 0 Å². The fourth-order valence-corrected chi connectivity index (χ4v) is 3.59. The fraction of sp³-hybridized carbons (Fsp3) is 0.500. The second-order valence-electron chi connectivity index (χ2n) is 4.41. The second-order valence-corrected chi connectivity index (χ2v) is 5.70. The first kappa shape index (κ1) is 11.2. The Morgan fingerprint density at radius 3 is 3.29 bits per heavy atom. The van der Waals surface area contributed by atoms with E-state index in [0.29, 0.717) is 0 Å². The normalized spacial score (nSPS) is 20.3. The third kappa shape index (κ3) is 2.11. The molecule has 3 rings (SSSR count).